The van der Waals surface area contributed by atoms with Gasteiger partial charge in [0, 0.05) is 6.54 Å². The first-order chi connectivity index (χ1) is 11.5. The Morgan fingerprint density at radius 1 is 1.29 bits per heavy atom. The van der Waals surface area contributed by atoms with Crippen molar-refractivity contribution < 1.29 is 4.79 Å². The number of fused-ring (bicyclic) bond motifs is 1. The maximum absolute atomic E-state index is 12.3. The fourth-order valence-corrected chi connectivity index (χ4v) is 3.16. The minimum absolute atomic E-state index is 0.0887. The molecule has 0 aliphatic heterocycles. The molecule has 1 saturated carbocycles. The van der Waals surface area contributed by atoms with Crippen molar-refractivity contribution in [2.45, 2.75) is 31.8 Å². The lowest BCUT2D eigenvalue weighted by Gasteiger charge is -2.25. The fraction of sp³-hybridized carbons (Fsp3) is 0.400. The maximum atomic E-state index is 12.3. The predicted molar refractivity (Wildman–Crippen MR) is 95.2 cm³/mol. The van der Waals surface area contributed by atoms with Crippen LogP contribution < -0.4 is 5.32 Å². The molecule has 24 heavy (non-hydrogen) atoms. The number of amides is 1. The molecule has 0 unspecified atom stereocenters. The van der Waals surface area contributed by atoms with Crippen LogP contribution in [0.3, 0.4) is 0 Å². The number of hydrogen-bond donors (Lipinski definition) is 1. The minimum Gasteiger partial charge on any atom is -0.337 e. The van der Waals surface area contributed by atoms with Gasteiger partial charge in [-0.1, -0.05) is 36.4 Å². The van der Waals surface area contributed by atoms with Gasteiger partial charge in [-0.3, -0.25) is 9.69 Å². The van der Waals surface area contributed by atoms with Gasteiger partial charge in [0.2, 0.25) is 5.91 Å². The standard InChI is InChI=1S/C20H23N3O/c1-20(14-21,18-9-10-18)22-19(24)13-23(2)12-15-7-8-16-5-3-4-6-17(16)11-15/h3-8,11,18H,9-10,12-13H2,1-2H3,(H,22,24)/t20-/m0/s1. The van der Waals surface area contributed by atoms with Gasteiger partial charge in [-0.25, -0.2) is 0 Å². The zero-order chi connectivity index (χ0) is 17.2. The monoisotopic (exact) mass is 321 g/mol. The highest BCUT2D eigenvalue weighted by Crippen LogP contribution is 2.39. The Morgan fingerprint density at radius 3 is 2.67 bits per heavy atom. The number of hydrogen-bond acceptors (Lipinski definition) is 3. The predicted octanol–water partition coefficient (Wildman–Crippen LogP) is 3.08. The highest BCUT2D eigenvalue weighted by molar-refractivity contribution is 5.83. The van der Waals surface area contributed by atoms with Crippen molar-refractivity contribution in [3.63, 3.8) is 0 Å². The van der Waals surface area contributed by atoms with E-state index in [2.05, 4.69) is 41.7 Å². The first-order valence-corrected chi connectivity index (χ1v) is 8.39. The molecule has 0 saturated heterocycles. The molecule has 1 aliphatic carbocycles. The Kier molecular flexibility index (Phi) is 4.55. The van der Waals surface area contributed by atoms with E-state index in [4.69, 9.17) is 0 Å². The number of benzene rings is 2. The number of nitrogens with zero attached hydrogens (tertiary/aromatic N) is 2. The third-order valence-corrected chi connectivity index (χ3v) is 4.71. The quantitative estimate of drug-likeness (QED) is 0.889. The summed E-state index contributed by atoms with van der Waals surface area (Å²) in [5, 5.41) is 14.7. The van der Waals surface area contributed by atoms with Crippen LogP contribution in [0.1, 0.15) is 25.3 Å². The summed E-state index contributed by atoms with van der Waals surface area (Å²) in [6.07, 6.45) is 2.05. The van der Waals surface area contributed by atoms with Gasteiger partial charge in [0.25, 0.3) is 0 Å². The molecule has 0 bridgehead atoms. The molecule has 4 nitrogen and oxygen atoms in total. The molecule has 1 fully saturated rings. The largest absolute Gasteiger partial charge is 0.337 e. The molecule has 1 atom stereocenters. The van der Waals surface area contributed by atoms with Crippen molar-refractivity contribution in [2.24, 2.45) is 5.92 Å². The van der Waals surface area contributed by atoms with E-state index in [9.17, 15) is 10.1 Å². The molecule has 0 heterocycles. The van der Waals surface area contributed by atoms with Crippen LogP contribution >= 0.6 is 0 Å². The van der Waals surface area contributed by atoms with Crippen molar-refractivity contribution >= 4 is 16.7 Å². The summed E-state index contributed by atoms with van der Waals surface area (Å²) in [4.78, 5) is 14.2. The zero-order valence-corrected chi connectivity index (χ0v) is 14.2. The average molecular weight is 321 g/mol. The van der Waals surface area contributed by atoms with E-state index in [0.717, 1.165) is 12.8 Å². The van der Waals surface area contributed by atoms with Crippen LogP contribution in [0.2, 0.25) is 0 Å². The SMILES string of the molecule is CN(CC(=O)N[C@@](C)(C#N)C1CC1)Cc1ccc2ccccc2c1. The van der Waals surface area contributed by atoms with Crippen molar-refractivity contribution in [3.05, 3.63) is 48.0 Å². The topological polar surface area (TPSA) is 56.1 Å². The lowest BCUT2D eigenvalue weighted by atomic mass is 9.98. The van der Waals surface area contributed by atoms with E-state index >= 15 is 0 Å². The highest BCUT2D eigenvalue weighted by atomic mass is 16.2. The Morgan fingerprint density at radius 2 is 2.00 bits per heavy atom. The van der Waals surface area contributed by atoms with Gasteiger partial charge >= 0.3 is 0 Å². The average Bonchev–Trinajstić information content (AvgIpc) is 3.39. The summed E-state index contributed by atoms with van der Waals surface area (Å²) in [5.74, 6) is 0.214. The Bertz CT molecular complexity index is 791. The summed E-state index contributed by atoms with van der Waals surface area (Å²) in [7, 11) is 1.93. The molecule has 1 amide bonds. The van der Waals surface area contributed by atoms with Gasteiger partial charge in [-0.2, -0.15) is 5.26 Å². The molecule has 0 aromatic heterocycles. The summed E-state index contributed by atoms with van der Waals surface area (Å²) < 4.78 is 0. The zero-order valence-electron chi connectivity index (χ0n) is 14.2. The highest BCUT2D eigenvalue weighted by Gasteiger charge is 2.42. The summed E-state index contributed by atoms with van der Waals surface area (Å²) in [6.45, 7) is 2.81. The van der Waals surface area contributed by atoms with E-state index in [1.54, 1.807) is 0 Å². The van der Waals surface area contributed by atoms with Crippen LogP contribution in [0, 0.1) is 17.2 Å². The van der Waals surface area contributed by atoms with E-state index in [-0.39, 0.29) is 12.5 Å². The fourth-order valence-electron chi connectivity index (χ4n) is 3.16. The molecule has 124 valence electrons. The van der Waals surface area contributed by atoms with Gasteiger partial charge in [0.15, 0.2) is 0 Å². The lowest BCUT2D eigenvalue weighted by molar-refractivity contribution is -0.123. The molecule has 2 aromatic carbocycles. The Hall–Kier alpha value is -2.38. The maximum Gasteiger partial charge on any atom is 0.235 e. The van der Waals surface area contributed by atoms with E-state index in [1.165, 1.54) is 16.3 Å². The number of nitrogens with one attached hydrogen (secondary N) is 1. The normalized spacial score (nSPS) is 16.6. The van der Waals surface area contributed by atoms with Gasteiger partial charge in [-0.15, -0.1) is 0 Å². The Balaban J connectivity index is 1.59. The molecule has 4 heteroatoms. The van der Waals surface area contributed by atoms with Crippen molar-refractivity contribution in [1.82, 2.24) is 10.2 Å². The minimum atomic E-state index is -0.721. The third-order valence-electron chi connectivity index (χ3n) is 4.71. The number of rotatable bonds is 6. The van der Waals surface area contributed by atoms with Crippen molar-refractivity contribution in [1.29, 1.82) is 5.26 Å². The van der Waals surface area contributed by atoms with Gasteiger partial charge in [0.05, 0.1) is 12.6 Å². The first kappa shape index (κ1) is 16.5. The molecular weight excluding hydrogens is 298 g/mol. The van der Waals surface area contributed by atoms with Crippen LogP contribution in [0.4, 0.5) is 0 Å². The van der Waals surface area contributed by atoms with Gasteiger partial charge < -0.3 is 5.32 Å². The van der Waals surface area contributed by atoms with Gasteiger partial charge in [-0.05, 0) is 55.1 Å². The molecule has 3 rings (SSSR count). The smallest absolute Gasteiger partial charge is 0.235 e. The van der Waals surface area contributed by atoms with E-state index < -0.39 is 5.54 Å². The van der Waals surface area contributed by atoms with Crippen LogP contribution in [-0.2, 0) is 11.3 Å². The summed E-state index contributed by atoms with van der Waals surface area (Å²) in [5.41, 5.74) is 0.454. The number of likely N-dealkylation sites (N-methyl/N-ethyl adjacent to an activating group) is 1. The van der Waals surface area contributed by atoms with E-state index in [1.807, 2.05) is 31.0 Å². The molecule has 0 radical (unpaired) electrons. The van der Waals surface area contributed by atoms with Gasteiger partial charge in [0.1, 0.15) is 5.54 Å². The van der Waals surface area contributed by atoms with Crippen LogP contribution in [0.25, 0.3) is 10.8 Å². The number of carbonyl (C=O) groups is 1. The number of nitriles is 1. The summed E-state index contributed by atoms with van der Waals surface area (Å²) >= 11 is 0. The molecule has 1 N–H and O–H groups in total. The second-order valence-corrected chi connectivity index (χ2v) is 6.99. The lowest BCUT2D eigenvalue weighted by Crippen LogP contribution is -2.49. The second-order valence-electron chi connectivity index (χ2n) is 6.99. The van der Waals surface area contributed by atoms with Crippen LogP contribution in [-0.4, -0.2) is 29.9 Å². The molecule has 1 aliphatic rings. The first-order valence-electron chi connectivity index (χ1n) is 8.39. The van der Waals surface area contributed by atoms with Crippen LogP contribution in [0.5, 0.6) is 0 Å². The Labute approximate surface area is 143 Å². The molecular formula is C20H23N3O. The van der Waals surface area contributed by atoms with Crippen LogP contribution in [0.15, 0.2) is 42.5 Å². The summed E-state index contributed by atoms with van der Waals surface area (Å²) in [6, 6.07) is 16.9. The van der Waals surface area contributed by atoms with Crippen molar-refractivity contribution in [3.8, 4) is 6.07 Å². The van der Waals surface area contributed by atoms with E-state index in [0.29, 0.717) is 12.5 Å². The number of carbonyl (C=O) groups excluding carboxylic acids is 1. The molecule has 0 spiro atoms. The second kappa shape index (κ2) is 6.62. The third kappa shape index (κ3) is 3.74. The molecule has 2 aromatic rings. The van der Waals surface area contributed by atoms with Crippen molar-refractivity contribution in [2.75, 3.05) is 13.6 Å².